The van der Waals surface area contributed by atoms with Crippen LogP contribution in [0.3, 0.4) is 0 Å². The average Bonchev–Trinajstić information content (AvgIpc) is 2.61. The van der Waals surface area contributed by atoms with Crippen LogP contribution < -0.4 is 5.32 Å². The van der Waals surface area contributed by atoms with Crippen LogP contribution in [0.2, 0.25) is 0 Å². The van der Waals surface area contributed by atoms with E-state index in [0.717, 1.165) is 19.5 Å². The molecule has 0 bridgehead atoms. The Labute approximate surface area is 167 Å². The summed E-state index contributed by atoms with van der Waals surface area (Å²) in [5, 5.41) is 3.12. The number of nitrogens with one attached hydrogen (secondary N) is 1. The first kappa shape index (κ1) is 19.0. The smallest absolute Gasteiger partial charge is 0.407 e. The van der Waals surface area contributed by atoms with Gasteiger partial charge in [-0.15, -0.1) is 0 Å². The highest BCUT2D eigenvalue weighted by molar-refractivity contribution is 5.68. The van der Waals surface area contributed by atoms with Crippen molar-refractivity contribution in [3.05, 3.63) is 71.8 Å². The fourth-order valence-electron chi connectivity index (χ4n) is 4.58. The van der Waals surface area contributed by atoms with Crippen LogP contribution in [0.4, 0.5) is 4.79 Å². The maximum atomic E-state index is 12.2. The molecule has 4 nitrogen and oxygen atoms in total. The Hall–Kier alpha value is -2.33. The predicted molar refractivity (Wildman–Crippen MR) is 111 cm³/mol. The molecule has 2 aromatic rings. The minimum atomic E-state index is -0.460. The summed E-state index contributed by atoms with van der Waals surface area (Å²) < 4.78 is 5.46. The van der Waals surface area contributed by atoms with Crippen LogP contribution in [0.1, 0.15) is 50.8 Å². The predicted octanol–water partition coefficient (Wildman–Crippen LogP) is 4.77. The van der Waals surface area contributed by atoms with Crippen LogP contribution in [0, 0.1) is 5.41 Å². The Kier molecular flexibility index (Phi) is 4.92. The van der Waals surface area contributed by atoms with E-state index >= 15 is 0 Å². The minimum Gasteiger partial charge on any atom is -0.444 e. The summed E-state index contributed by atoms with van der Waals surface area (Å²) in [7, 11) is 0. The fraction of sp³-hybridized carbons (Fsp3) is 0.458. The highest BCUT2D eigenvalue weighted by Gasteiger charge is 2.56. The van der Waals surface area contributed by atoms with Gasteiger partial charge in [0.05, 0.1) is 6.04 Å². The highest BCUT2D eigenvalue weighted by atomic mass is 16.6. The van der Waals surface area contributed by atoms with Gasteiger partial charge in [-0.3, -0.25) is 4.90 Å². The molecule has 2 aliphatic rings. The van der Waals surface area contributed by atoms with Crippen LogP contribution in [-0.2, 0) is 4.74 Å². The molecule has 1 aliphatic carbocycles. The van der Waals surface area contributed by atoms with Crippen molar-refractivity contribution < 1.29 is 9.53 Å². The second-order valence-electron chi connectivity index (χ2n) is 9.23. The van der Waals surface area contributed by atoms with Gasteiger partial charge >= 0.3 is 6.09 Å². The van der Waals surface area contributed by atoms with Gasteiger partial charge in [0, 0.05) is 24.5 Å². The van der Waals surface area contributed by atoms with Crippen LogP contribution in [0.25, 0.3) is 0 Å². The summed E-state index contributed by atoms with van der Waals surface area (Å²) in [5.41, 5.74) is 2.37. The standard InChI is InChI=1S/C24H30N2O2/c1-23(2,3)28-22(27)25-20-14-15-24(20)16-26(17-24)21(18-10-6-4-7-11-18)19-12-8-5-9-13-19/h4-13,20-21H,14-17H2,1-3H3,(H,25,27). The largest absolute Gasteiger partial charge is 0.444 e. The molecule has 1 atom stereocenters. The minimum absolute atomic E-state index is 0.193. The molecule has 1 amide bonds. The lowest BCUT2D eigenvalue weighted by atomic mass is 9.59. The van der Waals surface area contributed by atoms with Crippen molar-refractivity contribution in [1.82, 2.24) is 10.2 Å². The van der Waals surface area contributed by atoms with Gasteiger partial charge in [0.1, 0.15) is 5.60 Å². The zero-order valence-electron chi connectivity index (χ0n) is 17.0. The molecule has 148 valence electrons. The lowest BCUT2D eigenvalue weighted by Crippen LogP contribution is -2.71. The maximum absolute atomic E-state index is 12.2. The van der Waals surface area contributed by atoms with E-state index in [1.165, 1.54) is 17.5 Å². The molecule has 1 saturated carbocycles. The van der Waals surface area contributed by atoms with E-state index in [0.29, 0.717) is 0 Å². The molecule has 1 saturated heterocycles. The number of rotatable bonds is 4. The van der Waals surface area contributed by atoms with Gasteiger partial charge in [-0.1, -0.05) is 60.7 Å². The van der Waals surface area contributed by atoms with E-state index in [1.54, 1.807) is 0 Å². The summed E-state index contributed by atoms with van der Waals surface area (Å²) in [6, 6.07) is 21.9. The van der Waals surface area contributed by atoms with Gasteiger partial charge in [-0.2, -0.15) is 0 Å². The number of hydrogen-bond donors (Lipinski definition) is 1. The zero-order chi connectivity index (χ0) is 19.8. The number of carbonyl (C=O) groups excluding carboxylic acids is 1. The van der Waals surface area contributed by atoms with E-state index in [2.05, 4.69) is 70.9 Å². The Balaban J connectivity index is 1.45. The maximum Gasteiger partial charge on any atom is 0.407 e. The molecular weight excluding hydrogens is 348 g/mol. The number of hydrogen-bond acceptors (Lipinski definition) is 3. The van der Waals surface area contributed by atoms with Gasteiger partial charge in [0.15, 0.2) is 0 Å². The molecular formula is C24H30N2O2. The Morgan fingerprint density at radius 2 is 1.57 bits per heavy atom. The lowest BCUT2D eigenvalue weighted by molar-refractivity contribution is -0.103. The van der Waals surface area contributed by atoms with Crippen molar-refractivity contribution in [3.8, 4) is 0 Å². The van der Waals surface area contributed by atoms with E-state index in [-0.39, 0.29) is 23.6 Å². The monoisotopic (exact) mass is 378 g/mol. The summed E-state index contributed by atoms with van der Waals surface area (Å²) >= 11 is 0. The molecule has 4 rings (SSSR count). The zero-order valence-corrected chi connectivity index (χ0v) is 17.0. The Morgan fingerprint density at radius 1 is 1.04 bits per heavy atom. The topological polar surface area (TPSA) is 41.6 Å². The number of amides is 1. The first-order valence-corrected chi connectivity index (χ1v) is 10.2. The fourth-order valence-corrected chi connectivity index (χ4v) is 4.58. The molecule has 0 aromatic heterocycles. The second kappa shape index (κ2) is 7.25. The van der Waals surface area contributed by atoms with Crippen molar-refractivity contribution in [3.63, 3.8) is 0 Å². The first-order valence-electron chi connectivity index (χ1n) is 10.2. The van der Waals surface area contributed by atoms with E-state index in [9.17, 15) is 4.79 Å². The molecule has 1 unspecified atom stereocenters. The average molecular weight is 379 g/mol. The number of ether oxygens (including phenoxy) is 1. The third-order valence-corrected chi connectivity index (χ3v) is 5.99. The van der Waals surface area contributed by atoms with Gasteiger partial charge < -0.3 is 10.1 Å². The summed E-state index contributed by atoms with van der Waals surface area (Å²) in [5.74, 6) is 0. The Bertz CT molecular complexity index is 768. The summed E-state index contributed by atoms with van der Waals surface area (Å²) in [6.45, 7) is 7.71. The molecule has 2 aromatic carbocycles. The third kappa shape index (κ3) is 3.79. The van der Waals surface area contributed by atoms with Crippen LogP contribution >= 0.6 is 0 Å². The van der Waals surface area contributed by atoms with E-state index in [4.69, 9.17) is 4.74 Å². The van der Waals surface area contributed by atoms with Crippen LogP contribution in [0.5, 0.6) is 0 Å². The number of carbonyl (C=O) groups is 1. The molecule has 1 N–H and O–H groups in total. The lowest BCUT2D eigenvalue weighted by Gasteiger charge is -2.62. The summed E-state index contributed by atoms with van der Waals surface area (Å²) in [4.78, 5) is 14.7. The quantitative estimate of drug-likeness (QED) is 0.834. The first-order chi connectivity index (χ1) is 13.4. The molecule has 2 fully saturated rings. The van der Waals surface area contributed by atoms with Crippen molar-refractivity contribution in [2.75, 3.05) is 13.1 Å². The number of nitrogens with zero attached hydrogens (tertiary/aromatic N) is 1. The van der Waals surface area contributed by atoms with E-state index in [1.807, 2.05) is 20.8 Å². The molecule has 28 heavy (non-hydrogen) atoms. The second-order valence-corrected chi connectivity index (χ2v) is 9.23. The SMILES string of the molecule is CC(C)(C)OC(=O)NC1CCC12CN(C(c1ccccc1)c1ccccc1)C2. The number of benzene rings is 2. The number of likely N-dealkylation sites (tertiary alicyclic amines) is 1. The third-order valence-electron chi connectivity index (χ3n) is 5.99. The summed E-state index contributed by atoms with van der Waals surface area (Å²) in [6.07, 6.45) is 1.91. The van der Waals surface area contributed by atoms with Crippen molar-refractivity contribution in [1.29, 1.82) is 0 Å². The van der Waals surface area contributed by atoms with Crippen molar-refractivity contribution in [2.45, 2.75) is 51.3 Å². The van der Waals surface area contributed by atoms with E-state index < -0.39 is 5.60 Å². The van der Waals surface area contributed by atoms with Crippen LogP contribution in [0.15, 0.2) is 60.7 Å². The highest BCUT2D eigenvalue weighted by Crippen LogP contribution is 2.51. The van der Waals surface area contributed by atoms with Crippen LogP contribution in [-0.4, -0.2) is 35.7 Å². The van der Waals surface area contributed by atoms with Gasteiger partial charge in [0.2, 0.25) is 0 Å². The molecule has 1 spiro atoms. The molecule has 1 heterocycles. The van der Waals surface area contributed by atoms with Gasteiger partial charge in [-0.05, 0) is 44.7 Å². The molecule has 1 aliphatic heterocycles. The van der Waals surface area contributed by atoms with Crippen molar-refractivity contribution in [2.24, 2.45) is 5.41 Å². The normalized spacial score (nSPS) is 21.1. The Morgan fingerprint density at radius 3 is 2.00 bits per heavy atom. The van der Waals surface area contributed by atoms with Crippen molar-refractivity contribution >= 4 is 6.09 Å². The molecule has 0 radical (unpaired) electrons. The van der Waals surface area contributed by atoms with Gasteiger partial charge in [-0.25, -0.2) is 4.79 Å². The number of alkyl carbamates (subject to hydrolysis) is 1. The van der Waals surface area contributed by atoms with Gasteiger partial charge in [0.25, 0.3) is 0 Å². The molecule has 4 heteroatoms.